The average Bonchev–Trinajstić information content (AvgIpc) is 2.74. The molecule has 0 N–H and O–H groups in total. The van der Waals surface area contributed by atoms with Gasteiger partial charge in [0.2, 0.25) is 0 Å². The number of thiol groups is 1. The molecule has 1 unspecified atom stereocenters. The van der Waals surface area contributed by atoms with Gasteiger partial charge in [-0.05, 0) is 81.0 Å². The van der Waals surface area contributed by atoms with Crippen molar-refractivity contribution in [3.63, 3.8) is 0 Å². The number of esters is 1. The summed E-state index contributed by atoms with van der Waals surface area (Å²) in [5.41, 5.74) is 2.93. The molecule has 0 saturated heterocycles. The molecule has 164 valence electrons. The number of allylic oxidation sites excluding steroid dienone is 3. The number of benzene rings is 2. The Morgan fingerprint density at radius 2 is 1.50 bits per heavy atom. The molecule has 0 aromatic heterocycles. The average molecular weight is 427 g/mol. The summed E-state index contributed by atoms with van der Waals surface area (Å²) in [7, 11) is 0. The van der Waals surface area contributed by atoms with Gasteiger partial charge in [-0.1, -0.05) is 57.6 Å². The number of rotatable bonds is 6. The number of carbonyl (C=O) groups excluding carboxylic acids is 1. The van der Waals surface area contributed by atoms with E-state index in [4.69, 9.17) is 4.74 Å². The maximum Gasteiger partial charge on any atom is 0.343 e. The lowest BCUT2D eigenvalue weighted by atomic mass is 9.84. The Labute approximate surface area is 189 Å². The van der Waals surface area contributed by atoms with Crippen LogP contribution in [0.25, 0.3) is 0 Å². The molecule has 0 fully saturated rings. The van der Waals surface area contributed by atoms with Gasteiger partial charge in [0, 0.05) is 4.90 Å². The van der Waals surface area contributed by atoms with Crippen LogP contribution in [0.4, 0.5) is 0 Å². The fraction of sp³-hybridized carbons (Fsp3) is 0.370. The maximum atomic E-state index is 12.1. The lowest BCUT2D eigenvalue weighted by Gasteiger charge is -2.21. The molecule has 0 aliphatic carbocycles. The van der Waals surface area contributed by atoms with Crippen molar-refractivity contribution >= 4 is 18.6 Å². The van der Waals surface area contributed by atoms with Gasteiger partial charge in [-0.25, -0.2) is 4.79 Å². The minimum atomic E-state index is -0.363. The van der Waals surface area contributed by atoms with Gasteiger partial charge in [0.25, 0.3) is 0 Å². The highest BCUT2D eigenvalue weighted by atomic mass is 32.1. The largest absolute Gasteiger partial charge is 0.423 e. The predicted molar refractivity (Wildman–Crippen MR) is 134 cm³/mol. The summed E-state index contributed by atoms with van der Waals surface area (Å²) in [5.74, 6) is 1.14. The van der Waals surface area contributed by atoms with Crippen LogP contribution < -0.4 is 4.74 Å². The van der Waals surface area contributed by atoms with E-state index in [9.17, 15) is 4.79 Å². The summed E-state index contributed by atoms with van der Waals surface area (Å²) >= 11 is 4.21. The van der Waals surface area contributed by atoms with Gasteiger partial charge in [0.15, 0.2) is 0 Å². The summed E-state index contributed by atoms with van der Waals surface area (Å²) in [6.07, 6.45) is 4.97. The molecule has 0 saturated carbocycles. The quantitative estimate of drug-likeness (QED) is 0.217. The van der Waals surface area contributed by atoms with Crippen LogP contribution in [-0.4, -0.2) is 5.97 Å². The molecule has 2 aromatic rings. The highest BCUT2D eigenvalue weighted by Gasteiger charge is 2.16. The molecule has 3 heteroatoms. The fourth-order valence-corrected chi connectivity index (χ4v) is 2.81. The van der Waals surface area contributed by atoms with E-state index in [1.54, 1.807) is 24.3 Å². The third-order valence-corrected chi connectivity index (χ3v) is 4.63. The first-order valence-corrected chi connectivity index (χ1v) is 11.1. The first-order valence-electron chi connectivity index (χ1n) is 10.6. The highest BCUT2D eigenvalue weighted by Crippen LogP contribution is 2.31. The second-order valence-corrected chi connectivity index (χ2v) is 7.70. The zero-order valence-electron chi connectivity index (χ0n) is 19.6. The van der Waals surface area contributed by atoms with Crippen LogP contribution >= 0.6 is 12.6 Å². The van der Waals surface area contributed by atoms with Gasteiger partial charge in [-0.15, -0.1) is 19.2 Å². The van der Waals surface area contributed by atoms with Crippen molar-refractivity contribution in [2.24, 2.45) is 5.92 Å². The van der Waals surface area contributed by atoms with Crippen molar-refractivity contribution in [2.75, 3.05) is 0 Å². The van der Waals surface area contributed by atoms with E-state index >= 15 is 0 Å². The molecule has 0 radical (unpaired) electrons. The Morgan fingerprint density at radius 1 is 1.00 bits per heavy atom. The second-order valence-electron chi connectivity index (χ2n) is 7.18. The standard InChI is InChI=1S/C21H24O2S.C4H8.C2H6/c1-14(2)13-20(15(3)4)16-5-9-18(10-6-16)23-21(22)17-7-11-19(24)12-8-17;1-3-4-2;1-2/h5-12,15,20,24H,1,13H2,2-4H3;3-4H,1-2H3;1-2H3/b;4-3-;. The van der Waals surface area contributed by atoms with Crippen LogP contribution in [0.2, 0.25) is 0 Å². The van der Waals surface area contributed by atoms with E-state index in [-0.39, 0.29) is 5.97 Å². The summed E-state index contributed by atoms with van der Waals surface area (Å²) in [5, 5.41) is 0. The number of ether oxygens (including phenoxy) is 1. The van der Waals surface area contributed by atoms with E-state index in [2.05, 4.69) is 40.0 Å². The van der Waals surface area contributed by atoms with E-state index in [0.717, 1.165) is 11.3 Å². The predicted octanol–water partition coefficient (Wildman–Crippen LogP) is 8.51. The molecule has 0 aliphatic rings. The monoisotopic (exact) mass is 426 g/mol. The van der Waals surface area contributed by atoms with E-state index in [1.807, 2.05) is 64.1 Å². The van der Waals surface area contributed by atoms with Crippen LogP contribution in [0.5, 0.6) is 5.75 Å². The van der Waals surface area contributed by atoms with Gasteiger partial charge in [0.1, 0.15) is 5.75 Å². The smallest absolute Gasteiger partial charge is 0.343 e. The first kappa shape index (κ1) is 27.7. The van der Waals surface area contributed by atoms with Gasteiger partial charge < -0.3 is 4.74 Å². The molecule has 0 amide bonds. The Hall–Kier alpha value is -2.26. The number of hydrogen-bond acceptors (Lipinski definition) is 3. The van der Waals surface area contributed by atoms with Gasteiger partial charge in [0.05, 0.1) is 5.56 Å². The van der Waals surface area contributed by atoms with Crippen molar-refractivity contribution in [3.05, 3.63) is 84.0 Å². The number of hydrogen-bond donors (Lipinski definition) is 1. The van der Waals surface area contributed by atoms with E-state index in [0.29, 0.717) is 23.1 Å². The van der Waals surface area contributed by atoms with Crippen LogP contribution in [0, 0.1) is 5.92 Å². The zero-order valence-corrected chi connectivity index (χ0v) is 20.5. The normalized spacial score (nSPS) is 11.1. The summed E-state index contributed by atoms with van der Waals surface area (Å²) in [6.45, 7) is 18.5. The van der Waals surface area contributed by atoms with Gasteiger partial charge >= 0.3 is 5.97 Å². The SMILES string of the molecule is C/C=C\C.C=C(C)CC(c1ccc(OC(=O)c2ccc(S)cc2)cc1)C(C)C.CC. The molecule has 2 rings (SSSR count). The summed E-state index contributed by atoms with van der Waals surface area (Å²) in [6, 6.07) is 14.7. The van der Waals surface area contributed by atoms with Crippen LogP contribution in [0.1, 0.15) is 76.7 Å². The second kappa shape index (κ2) is 15.6. The van der Waals surface area contributed by atoms with Crippen molar-refractivity contribution in [2.45, 2.75) is 65.7 Å². The summed E-state index contributed by atoms with van der Waals surface area (Å²) < 4.78 is 5.44. The molecule has 2 aromatic carbocycles. The lowest BCUT2D eigenvalue weighted by Crippen LogP contribution is -2.09. The molecule has 30 heavy (non-hydrogen) atoms. The Balaban J connectivity index is 0.00000125. The molecule has 1 atom stereocenters. The Kier molecular flexibility index (Phi) is 14.4. The van der Waals surface area contributed by atoms with Crippen LogP contribution in [0.15, 0.2) is 77.7 Å². The first-order chi connectivity index (χ1) is 14.3. The molecule has 0 spiro atoms. The van der Waals surface area contributed by atoms with Crippen LogP contribution in [-0.2, 0) is 0 Å². The minimum absolute atomic E-state index is 0.363. The van der Waals surface area contributed by atoms with Crippen molar-refractivity contribution in [1.82, 2.24) is 0 Å². The zero-order chi connectivity index (χ0) is 23.1. The molecule has 0 aliphatic heterocycles. The lowest BCUT2D eigenvalue weighted by molar-refractivity contribution is 0.0734. The fourth-order valence-electron chi connectivity index (χ4n) is 2.66. The van der Waals surface area contributed by atoms with Crippen molar-refractivity contribution in [1.29, 1.82) is 0 Å². The van der Waals surface area contributed by atoms with Gasteiger partial charge in [-0.2, -0.15) is 0 Å². The third-order valence-electron chi connectivity index (χ3n) is 4.33. The van der Waals surface area contributed by atoms with Crippen molar-refractivity contribution in [3.8, 4) is 5.75 Å². The molecule has 0 bridgehead atoms. The topological polar surface area (TPSA) is 26.3 Å². The molecular weight excluding hydrogens is 388 g/mol. The minimum Gasteiger partial charge on any atom is -0.423 e. The van der Waals surface area contributed by atoms with Gasteiger partial charge in [-0.3, -0.25) is 0 Å². The molecule has 0 heterocycles. The maximum absolute atomic E-state index is 12.1. The highest BCUT2D eigenvalue weighted by molar-refractivity contribution is 7.80. The molecule has 2 nitrogen and oxygen atoms in total. The van der Waals surface area contributed by atoms with Crippen molar-refractivity contribution < 1.29 is 9.53 Å². The molecular formula is C27H38O2S. The van der Waals surface area contributed by atoms with Crippen LogP contribution in [0.3, 0.4) is 0 Å². The van der Waals surface area contributed by atoms with E-state index in [1.165, 1.54) is 11.1 Å². The summed E-state index contributed by atoms with van der Waals surface area (Å²) in [4.78, 5) is 13.0. The third kappa shape index (κ3) is 10.5. The Morgan fingerprint density at radius 3 is 1.90 bits per heavy atom. The number of carbonyl (C=O) groups is 1. The Bertz CT molecular complexity index is 768. The van der Waals surface area contributed by atoms with E-state index < -0.39 is 0 Å².